The van der Waals surface area contributed by atoms with E-state index in [1.807, 2.05) is 54.6 Å². The van der Waals surface area contributed by atoms with Gasteiger partial charge in [-0.05, 0) is 69.7 Å². The normalized spacial score (nSPS) is 15.4. The van der Waals surface area contributed by atoms with Crippen LogP contribution in [0.3, 0.4) is 0 Å². The third-order valence-corrected chi connectivity index (χ3v) is 5.87. The molecule has 30 heavy (non-hydrogen) atoms. The van der Waals surface area contributed by atoms with Crippen LogP contribution in [-0.4, -0.2) is 13.2 Å². The number of carbonyl (C=O) groups is 1. The van der Waals surface area contributed by atoms with E-state index in [2.05, 4.69) is 15.9 Å². The molecule has 6 heteroatoms. The number of nitrogens with zero attached hydrogens (tertiary/aromatic N) is 1. The van der Waals surface area contributed by atoms with Gasteiger partial charge in [0, 0.05) is 0 Å². The van der Waals surface area contributed by atoms with Gasteiger partial charge in [-0.15, -0.1) is 0 Å². The Hall–Kier alpha value is -2.86. The molecule has 1 aliphatic heterocycles. The minimum absolute atomic E-state index is 0.148. The highest BCUT2D eigenvalue weighted by Crippen LogP contribution is 2.41. The topological polar surface area (TPSA) is 38.8 Å². The van der Waals surface area contributed by atoms with Crippen molar-refractivity contribution in [2.45, 2.75) is 25.5 Å². The van der Waals surface area contributed by atoms with Crippen LogP contribution in [0.25, 0.3) is 0 Å². The molecular formula is C24H21BrFNO3. The third kappa shape index (κ3) is 4.19. The minimum atomic E-state index is -0.505. The van der Waals surface area contributed by atoms with E-state index in [0.29, 0.717) is 22.3 Å². The highest BCUT2D eigenvalue weighted by molar-refractivity contribution is 9.10. The Morgan fingerprint density at radius 3 is 2.70 bits per heavy atom. The van der Waals surface area contributed by atoms with E-state index in [1.54, 1.807) is 18.1 Å². The van der Waals surface area contributed by atoms with Gasteiger partial charge in [0.05, 0.1) is 23.3 Å². The van der Waals surface area contributed by atoms with Gasteiger partial charge in [-0.3, -0.25) is 4.90 Å². The van der Waals surface area contributed by atoms with Crippen molar-refractivity contribution in [3.8, 4) is 5.75 Å². The number of rotatable bonds is 4. The number of hydrogen-bond acceptors (Lipinski definition) is 3. The van der Waals surface area contributed by atoms with Crippen LogP contribution < -0.4 is 9.64 Å². The van der Waals surface area contributed by atoms with E-state index in [0.717, 1.165) is 23.1 Å². The predicted molar refractivity (Wildman–Crippen MR) is 117 cm³/mol. The van der Waals surface area contributed by atoms with Gasteiger partial charge < -0.3 is 9.47 Å². The van der Waals surface area contributed by atoms with E-state index in [4.69, 9.17) is 9.47 Å². The van der Waals surface area contributed by atoms with Gasteiger partial charge in [-0.25, -0.2) is 9.18 Å². The van der Waals surface area contributed by atoms with Crippen molar-refractivity contribution in [1.29, 1.82) is 0 Å². The summed E-state index contributed by atoms with van der Waals surface area (Å²) in [4.78, 5) is 14.8. The number of aryl methyl sites for hydroxylation is 1. The number of benzene rings is 3. The Labute approximate surface area is 183 Å². The zero-order chi connectivity index (χ0) is 21.1. The first-order chi connectivity index (χ1) is 14.6. The average Bonchev–Trinajstić information content (AvgIpc) is 2.78. The number of fused-ring (bicyclic) bond motifs is 1. The summed E-state index contributed by atoms with van der Waals surface area (Å²) < 4.78 is 25.8. The first-order valence-electron chi connectivity index (χ1n) is 9.68. The number of methoxy groups -OCH3 is 1. The van der Waals surface area contributed by atoms with Crippen LogP contribution in [-0.2, 0) is 17.8 Å². The average molecular weight is 470 g/mol. The molecule has 0 saturated heterocycles. The SMILES string of the molecule is COc1cccc(C2CCc3cc(Br)c(F)cc3N2C(=O)OCc2ccccc2)c1. The largest absolute Gasteiger partial charge is 0.497 e. The molecule has 1 aliphatic rings. The summed E-state index contributed by atoms with van der Waals surface area (Å²) in [5, 5.41) is 0. The molecule has 1 amide bonds. The molecule has 0 spiro atoms. The maximum Gasteiger partial charge on any atom is 0.415 e. The molecule has 4 rings (SSSR count). The van der Waals surface area contributed by atoms with Crippen LogP contribution in [0.2, 0.25) is 0 Å². The second-order valence-corrected chi connectivity index (χ2v) is 7.99. The van der Waals surface area contributed by atoms with Crippen LogP contribution in [0.4, 0.5) is 14.9 Å². The smallest absolute Gasteiger partial charge is 0.415 e. The molecule has 4 nitrogen and oxygen atoms in total. The molecule has 1 heterocycles. The van der Waals surface area contributed by atoms with Crippen molar-refractivity contribution in [2.24, 2.45) is 0 Å². The second-order valence-electron chi connectivity index (χ2n) is 7.14. The number of hydrogen-bond donors (Lipinski definition) is 0. The predicted octanol–water partition coefficient (Wildman–Crippen LogP) is 6.43. The molecule has 3 aromatic carbocycles. The minimum Gasteiger partial charge on any atom is -0.497 e. The maximum atomic E-state index is 14.4. The van der Waals surface area contributed by atoms with Crippen molar-refractivity contribution < 1.29 is 18.7 Å². The summed E-state index contributed by atoms with van der Waals surface area (Å²) in [6, 6.07) is 19.9. The molecular weight excluding hydrogens is 449 g/mol. The standard InChI is InChI=1S/C24H21BrFNO3/c1-29-19-9-5-8-17(12-19)22-11-10-18-13-20(25)21(26)14-23(18)27(22)24(28)30-15-16-6-3-2-4-7-16/h2-9,12-14,22H,10-11,15H2,1H3. The Morgan fingerprint density at radius 1 is 1.13 bits per heavy atom. The van der Waals surface area contributed by atoms with Crippen LogP contribution in [0.1, 0.15) is 29.2 Å². The fourth-order valence-corrected chi connectivity index (χ4v) is 4.16. The van der Waals surface area contributed by atoms with Crippen LogP contribution in [0, 0.1) is 5.82 Å². The summed E-state index contributed by atoms with van der Waals surface area (Å²) in [5.41, 5.74) is 3.25. The molecule has 0 bridgehead atoms. The molecule has 0 aliphatic carbocycles. The number of anilines is 1. The van der Waals surface area contributed by atoms with Crippen molar-refractivity contribution in [1.82, 2.24) is 0 Å². The van der Waals surface area contributed by atoms with Gasteiger partial charge in [-0.1, -0.05) is 42.5 Å². The van der Waals surface area contributed by atoms with Gasteiger partial charge in [0.25, 0.3) is 0 Å². The van der Waals surface area contributed by atoms with Crippen molar-refractivity contribution >= 4 is 27.7 Å². The van der Waals surface area contributed by atoms with Gasteiger partial charge in [-0.2, -0.15) is 0 Å². The van der Waals surface area contributed by atoms with Crippen LogP contribution in [0.5, 0.6) is 5.75 Å². The van der Waals surface area contributed by atoms with E-state index < -0.39 is 11.9 Å². The second kappa shape index (κ2) is 8.88. The lowest BCUT2D eigenvalue weighted by molar-refractivity contribution is 0.143. The molecule has 0 aromatic heterocycles. The van der Waals surface area contributed by atoms with Crippen molar-refractivity contribution in [3.63, 3.8) is 0 Å². The highest BCUT2D eigenvalue weighted by atomic mass is 79.9. The summed E-state index contributed by atoms with van der Waals surface area (Å²) in [6.45, 7) is 0.148. The Balaban J connectivity index is 1.70. The molecule has 0 radical (unpaired) electrons. The maximum absolute atomic E-state index is 14.4. The molecule has 0 fully saturated rings. The highest BCUT2D eigenvalue weighted by Gasteiger charge is 2.34. The molecule has 154 valence electrons. The number of halogens is 2. The molecule has 1 atom stereocenters. The lowest BCUT2D eigenvalue weighted by Gasteiger charge is -2.37. The van der Waals surface area contributed by atoms with Crippen LogP contribution >= 0.6 is 15.9 Å². The van der Waals surface area contributed by atoms with Gasteiger partial charge in [0.1, 0.15) is 18.2 Å². The van der Waals surface area contributed by atoms with Gasteiger partial charge in [0.2, 0.25) is 0 Å². The Kier molecular flexibility index (Phi) is 6.04. The summed E-state index contributed by atoms with van der Waals surface area (Å²) in [5.74, 6) is 0.291. The lowest BCUT2D eigenvalue weighted by atomic mass is 9.91. The first kappa shape index (κ1) is 20.4. The number of amides is 1. The number of carbonyl (C=O) groups excluding carboxylic acids is 1. The summed E-state index contributed by atoms with van der Waals surface area (Å²) >= 11 is 3.25. The quantitative estimate of drug-likeness (QED) is 0.441. The Bertz CT molecular complexity index is 1060. The Morgan fingerprint density at radius 2 is 1.93 bits per heavy atom. The lowest BCUT2D eigenvalue weighted by Crippen LogP contribution is -2.39. The van der Waals surface area contributed by atoms with E-state index in [1.165, 1.54) is 6.07 Å². The first-order valence-corrected chi connectivity index (χ1v) is 10.5. The molecule has 0 saturated carbocycles. The van der Waals surface area contributed by atoms with Crippen LogP contribution in [0.15, 0.2) is 71.2 Å². The molecule has 1 unspecified atom stereocenters. The fraction of sp³-hybridized carbons (Fsp3) is 0.208. The van der Waals surface area contributed by atoms with Crippen molar-refractivity contribution in [3.05, 3.63) is 93.7 Å². The fourth-order valence-electron chi connectivity index (χ4n) is 3.77. The zero-order valence-electron chi connectivity index (χ0n) is 16.5. The van der Waals surface area contributed by atoms with Crippen molar-refractivity contribution in [2.75, 3.05) is 12.0 Å². The van der Waals surface area contributed by atoms with Gasteiger partial charge in [0.15, 0.2) is 0 Å². The zero-order valence-corrected chi connectivity index (χ0v) is 18.1. The molecule has 0 N–H and O–H groups in total. The van der Waals surface area contributed by atoms with Gasteiger partial charge >= 0.3 is 6.09 Å². The van der Waals surface area contributed by atoms with E-state index in [-0.39, 0.29) is 12.6 Å². The van der Waals surface area contributed by atoms with E-state index >= 15 is 0 Å². The summed E-state index contributed by atoms with van der Waals surface area (Å²) in [6.07, 6.45) is 0.909. The molecule has 3 aromatic rings. The summed E-state index contributed by atoms with van der Waals surface area (Å²) in [7, 11) is 1.61. The third-order valence-electron chi connectivity index (χ3n) is 5.26. The van der Waals surface area contributed by atoms with E-state index in [9.17, 15) is 9.18 Å². The number of ether oxygens (including phenoxy) is 2. The monoisotopic (exact) mass is 469 g/mol.